The maximum Gasteiger partial charge on any atom is 0.387 e. The van der Waals surface area contributed by atoms with Crippen LogP contribution in [0.5, 0.6) is 5.75 Å². The zero-order valence-electron chi connectivity index (χ0n) is 12.6. The van der Waals surface area contributed by atoms with Gasteiger partial charge in [-0.3, -0.25) is 4.79 Å². The topological polar surface area (TPSA) is 60.2 Å². The van der Waals surface area contributed by atoms with Crippen molar-refractivity contribution in [2.24, 2.45) is 0 Å². The number of alkyl halides is 2. The molecule has 0 radical (unpaired) electrons. The van der Waals surface area contributed by atoms with Crippen molar-refractivity contribution < 1.29 is 18.3 Å². The first-order valence-electron chi connectivity index (χ1n) is 7.39. The number of amides is 1. The molecular weight excluding hydrogens is 386 g/mol. The summed E-state index contributed by atoms with van der Waals surface area (Å²) in [6, 6.07) is 4.95. The first-order valence-corrected chi connectivity index (χ1v) is 8.19. The number of hydrogen-bond acceptors (Lipinski definition) is 4. The molecule has 0 atom stereocenters. The third-order valence-corrected chi connectivity index (χ3v) is 4.37. The minimum Gasteiger partial charge on any atom is -0.435 e. The third-order valence-electron chi connectivity index (χ3n) is 3.88. The molecule has 2 heterocycles. The van der Waals surface area contributed by atoms with Gasteiger partial charge in [-0.2, -0.15) is 8.78 Å². The summed E-state index contributed by atoms with van der Waals surface area (Å²) < 4.78 is 31.9. The lowest BCUT2D eigenvalue weighted by atomic mass is 10.1. The molecule has 1 saturated heterocycles. The minimum absolute atomic E-state index is 0.0191. The molecule has 6 nitrogen and oxygen atoms in total. The summed E-state index contributed by atoms with van der Waals surface area (Å²) in [5, 5.41) is 7.65. The Labute approximate surface area is 145 Å². The second-order valence-electron chi connectivity index (χ2n) is 5.47. The molecule has 0 bridgehead atoms. The molecule has 1 aliphatic rings. The third kappa shape index (κ3) is 3.89. The quantitative estimate of drug-likeness (QED) is 0.747. The van der Waals surface area contributed by atoms with Gasteiger partial charge in [0.15, 0.2) is 0 Å². The lowest BCUT2D eigenvalue weighted by molar-refractivity contribution is -0.137. The fourth-order valence-corrected chi connectivity index (χ4v) is 3.00. The van der Waals surface area contributed by atoms with Crippen LogP contribution in [0.1, 0.15) is 18.0 Å². The van der Waals surface area contributed by atoms with Crippen LogP contribution in [0.2, 0.25) is 0 Å². The highest BCUT2D eigenvalue weighted by Crippen LogP contribution is 2.27. The molecule has 0 spiro atoms. The van der Waals surface area contributed by atoms with Crippen molar-refractivity contribution in [3.05, 3.63) is 40.6 Å². The largest absolute Gasteiger partial charge is 0.435 e. The molecule has 128 valence electrons. The van der Waals surface area contributed by atoms with Crippen LogP contribution in [0, 0.1) is 0 Å². The van der Waals surface area contributed by atoms with Crippen LogP contribution in [0.25, 0.3) is 0 Å². The van der Waals surface area contributed by atoms with Crippen LogP contribution < -0.4 is 4.74 Å². The standard InChI is InChI=1S/C15H15BrF2N4O2/c16-11-2-3-13(24-15(17)18)10(7-11)1-4-14(23)21-8-12(9-21)22-6-5-19-20-22/h2-3,5-7,12,15H,1,4,8-9H2. The van der Waals surface area contributed by atoms with Crippen molar-refractivity contribution in [3.63, 3.8) is 0 Å². The molecule has 0 N–H and O–H groups in total. The minimum atomic E-state index is -2.89. The predicted molar refractivity (Wildman–Crippen MR) is 84.7 cm³/mol. The van der Waals surface area contributed by atoms with E-state index in [1.165, 1.54) is 6.07 Å². The average Bonchev–Trinajstić information content (AvgIpc) is 2.99. The van der Waals surface area contributed by atoms with Crippen molar-refractivity contribution in [1.29, 1.82) is 0 Å². The Morgan fingerprint density at radius 2 is 2.21 bits per heavy atom. The Balaban J connectivity index is 1.54. The van der Waals surface area contributed by atoms with Crippen molar-refractivity contribution in [2.75, 3.05) is 13.1 Å². The van der Waals surface area contributed by atoms with Crippen LogP contribution in [0.4, 0.5) is 8.78 Å². The van der Waals surface area contributed by atoms with E-state index in [4.69, 9.17) is 0 Å². The average molecular weight is 401 g/mol. The zero-order valence-corrected chi connectivity index (χ0v) is 14.2. The predicted octanol–water partition coefficient (Wildman–Crippen LogP) is 2.66. The van der Waals surface area contributed by atoms with E-state index in [2.05, 4.69) is 31.0 Å². The van der Waals surface area contributed by atoms with Gasteiger partial charge < -0.3 is 9.64 Å². The van der Waals surface area contributed by atoms with E-state index in [0.29, 0.717) is 25.1 Å². The van der Waals surface area contributed by atoms with E-state index >= 15 is 0 Å². The zero-order chi connectivity index (χ0) is 17.1. The van der Waals surface area contributed by atoms with Crippen LogP contribution in [-0.4, -0.2) is 45.5 Å². The van der Waals surface area contributed by atoms with E-state index in [1.54, 1.807) is 34.1 Å². The Morgan fingerprint density at radius 1 is 1.42 bits per heavy atom. The normalized spacial score (nSPS) is 14.8. The second-order valence-corrected chi connectivity index (χ2v) is 6.38. The van der Waals surface area contributed by atoms with Crippen molar-refractivity contribution >= 4 is 21.8 Å². The summed E-state index contributed by atoms with van der Waals surface area (Å²) in [7, 11) is 0. The number of carbonyl (C=O) groups is 1. The van der Waals surface area contributed by atoms with Crippen LogP contribution in [0.3, 0.4) is 0 Å². The Hall–Kier alpha value is -2.03. The Bertz CT molecular complexity index is 706. The first-order chi connectivity index (χ1) is 11.5. The molecule has 3 rings (SSSR count). The maximum absolute atomic E-state index is 12.4. The monoisotopic (exact) mass is 400 g/mol. The smallest absolute Gasteiger partial charge is 0.387 e. The number of aryl methyl sites for hydroxylation is 1. The summed E-state index contributed by atoms with van der Waals surface area (Å²) >= 11 is 3.30. The van der Waals surface area contributed by atoms with Crippen LogP contribution >= 0.6 is 15.9 Å². The highest BCUT2D eigenvalue weighted by Gasteiger charge is 2.32. The number of aromatic nitrogens is 3. The van der Waals surface area contributed by atoms with Gasteiger partial charge in [-0.1, -0.05) is 21.1 Å². The Kier molecular flexibility index (Phi) is 5.08. The fourth-order valence-electron chi connectivity index (χ4n) is 2.59. The number of carbonyl (C=O) groups excluding carboxylic acids is 1. The van der Waals surface area contributed by atoms with Gasteiger partial charge in [0.1, 0.15) is 5.75 Å². The molecular formula is C15H15BrF2N4O2. The highest BCUT2D eigenvalue weighted by molar-refractivity contribution is 9.10. The SMILES string of the molecule is O=C(CCc1cc(Br)ccc1OC(F)F)N1CC(n2ccnn2)C1. The number of rotatable bonds is 6. The van der Waals surface area contributed by atoms with Crippen LogP contribution in [-0.2, 0) is 11.2 Å². The van der Waals surface area contributed by atoms with E-state index in [-0.39, 0.29) is 24.1 Å². The maximum atomic E-state index is 12.4. The summed E-state index contributed by atoms with van der Waals surface area (Å²) in [6.45, 7) is -1.72. The molecule has 2 aromatic rings. The summed E-state index contributed by atoms with van der Waals surface area (Å²) in [5.74, 6) is 0.0828. The fraction of sp³-hybridized carbons (Fsp3) is 0.400. The molecule has 1 aromatic carbocycles. The number of nitrogens with zero attached hydrogens (tertiary/aromatic N) is 4. The van der Waals surface area contributed by atoms with Gasteiger partial charge in [-0.25, -0.2) is 4.68 Å². The van der Waals surface area contributed by atoms with E-state index in [9.17, 15) is 13.6 Å². The van der Waals surface area contributed by atoms with Gasteiger partial charge in [0.2, 0.25) is 5.91 Å². The first kappa shape index (κ1) is 16.8. The van der Waals surface area contributed by atoms with Crippen molar-refractivity contribution in [3.8, 4) is 5.75 Å². The highest BCUT2D eigenvalue weighted by atomic mass is 79.9. The molecule has 0 aliphatic carbocycles. The molecule has 1 amide bonds. The number of ether oxygens (including phenoxy) is 1. The van der Waals surface area contributed by atoms with Gasteiger partial charge in [-0.15, -0.1) is 5.10 Å². The summed E-state index contributed by atoms with van der Waals surface area (Å²) in [6.07, 6.45) is 3.94. The summed E-state index contributed by atoms with van der Waals surface area (Å²) in [5.41, 5.74) is 0.575. The van der Waals surface area contributed by atoms with E-state index < -0.39 is 6.61 Å². The van der Waals surface area contributed by atoms with Gasteiger partial charge in [0.25, 0.3) is 0 Å². The lowest BCUT2D eigenvalue weighted by Crippen LogP contribution is -2.50. The number of likely N-dealkylation sites (tertiary alicyclic amines) is 1. The van der Waals surface area contributed by atoms with Gasteiger partial charge >= 0.3 is 6.61 Å². The molecule has 1 aromatic heterocycles. The van der Waals surface area contributed by atoms with Crippen molar-refractivity contribution in [1.82, 2.24) is 19.9 Å². The Morgan fingerprint density at radius 3 is 2.88 bits per heavy atom. The molecule has 0 unspecified atom stereocenters. The second kappa shape index (κ2) is 7.25. The van der Waals surface area contributed by atoms with Gasteiger partial charge in [-0.05, 0) is 30.2 Å². The van der Waals surface area contributed by atoms with Gasteiger partial charge in [0.05, 0.1) is 12.2 Å². The van der Waals surface area contributed by atoms with E-state index in [1.807, 2.05) is 0 Å². The summed E-state index contributed by atoms with van der Waals surface area (Å²) in [4.78, 5) is 13.9. The van der Waals surface area contributed by atoms with Crippen LogP contribution in [0.15, 0.2) is 35.1 Å². The number of hydrogen-bond donors (Lipinski definition) is 0. The molecule has 9 heteroatoms. The lowest BCUT2D eigenvalue weighted by Gasteiger charge is -2.39. The molecule has 24 heavy (non-hydrogen) atoms. The molecule has 1 fully saturated rings. The number of benzene rings is 1. The van der Waals surface area contributed by atoms with E-state index in [0.717, 1.165) is 4.47 Å². The van der Waals surface area contributed by atoms with Gasteiger partial charge in [0, 0.05) is 30.2 Å². The number of halogens is 3. The molecule has 0 saturated carbocycles. The molecule has 1 aliphatic heterocycles. The van der Waals surface area contributed by atoms with Crippen molar-refractivity contribution in [2.45, 2.75) is 25.5 Å².